The molecule has 0 radical (unpaired) electrons. The fourth-order valence-corrected chi connectivity index (χ4v) is 4.57. The fraction of sp³-hybridized carbons (Fsp3) is 0.111. The maximum atomic E-state index is 12.6. The molecule has 0 atom stereocenters. The first-order valence-corrected chi connectivity index (χ1v) is 9.76. The molecule has 0 bridgehead atoms. The third kappa shape index (κ3) is 3.51. The molecule has 3 aromatic rings. The molecule has 7 heteroatoms. The Morgan fingerprint density at radius 3 is 2.68 bits per heavy atom. The van der Waals surface area contributed by atoms with E-state index in [1.807, 2.05) is 30.5 Å². The first-order valence-electron chi connectivity index (χ1n) is 7.28. The van der Waals surface area contributed by atoms with E-state index in [0.717, 1.165) is 16.7 Å². The number of nitrogens with one attached hydrogen (secondary N) is 1. The quantitative estimate of drug-likeness (QED) is 0.383. The van der Waals surface area contributed by atoms with E-state index in [0.29, 0.717) is 14.7 Å². The first kappa shape index (κ1) is 17.8. The molecule has 0 saturated heterocycles. The summed E-state index contributed by atoms with van der Waals surface area (Å²) in [6.07, 6.45) is 4.90. The number of halogens is 1. The second kappa shape index (κ2) is 7.47. The van der Waals surface area contributed by atoms with Crippen LogP contribution >= 0.6 is 34.7 Å². The second-order valence-corrected chi connectivity index (χ2v) is 7.22. The minimum atomic E-state index is -0.403. The number of ether oxygens (including phenoxy) is 1. The lowest BCUT2D eigenvalue weighted by atomic mass is 10.1. The van der Waals surface area contributed by atoms with Crippen molar-refractivity contribution in [1.82, 2.24) is 4.98 Å². The van der Waals surface area contributed by atoms with E-state index in [-0.39, 0.29) is 11.3 Å². The first-order chi connectivity index (χ1) is 12.0. The normalized spacial score (nSPS) is 11.3. The maximum Gasteiger partial charge on any atom is 0.261 e. The zero-order chi connectivity index (χ0) is 18.0. The number of benzene rings is 1. The van der Waals surface area contributed by atoms with Gasteiger partial charge in [0.2, 0.25) is 0 Å². The van der Waals surface area contributed by atoms with Gasteiger partial charge in [-0.05, 0) is 30.0 Å². The summed E-state index contributed by atoms with van der Waals surface area (Å²) in [5, 5.41) is 3.01. The SMILES string of the molecule is COc1ccc(/C=C/C(=O)c2c(SC)c3c(Cl)csc3[nH]c2=O)cc1. The van der Waals surface area contributed by atoms with Gasteiger partial charge in [0.15, 0.2) is 5.78 Å². The number of carbonyl (C=O) groups excluding carboxylic acids is 1. The molecule has 0 aliphatic rings. The number of fused-ring (bicyclic) bond motifs is 1. The Bertz CT molecular complexity index is 1020. The van der Waals surface area contributed by atoms with Crippen LogP contribution in [0.5, 0.6) is 5.75 Å². The molecular weight excluding hydrogens is 378 g/mol. The molecule has 25 heavy (non-hydrogen) atoms. The number of methoxy groups -OCH3 is 1. The molecule has 2 aromatic heterocycles. The Balaban J connectivity index is 2.01. The summed E-state index contributed by atoms with van der Waals surface area (Å²) < 4.78 is 5.10. The van der Waals surface area contributed by atoms with Gasteiger partial charge in [-0.3, -0.25) is 9.59 Å². The highest BCUT2D eigenvalue weighted by Gasteiger charge is 2.19. The van der Waals surface area contributed by atoms with Crippen LogP contribution in [0.3, 0.4) is 0 Å². The molecule has 1 N–H and O–H groups in total. The lowest BCUT2D eigenvalue weighted by Crippen LogP contribution is -2.17. The van der Waals surface area contributed by atoms with E-state index in [9.17, 15) is 9.59 Å². The van der Waals surface area contributed by atoms with Gasteiger partial charge in [0, 0.05) is 15.7 Å². The lowest BCUT2D eigenvalue weighted by molar-refractivity contribution is 0.104. The number of H-pyrrole nitrogens is 1. The molecule has 0 spiro atoms. The Labute approximate surface area is 157 Å². The van der Waals surface area contributed by atoms with E-state index in [2.05, 4.69) is 4.98 Å². The Morgan fingerprint density at radius 2 is 2.04 bits per heavy atom. The van der Waals surface area contributed by atoms with Crippen molar-refractivity contribution >= 4 is 56.8 Å². The largest absolute Gasteiger partial charge is 0.497 e. The number of pyridine rings is 1. The molecule has 0 aliphatic heterocycles. The van der Waals surface area contributed by atoms with Gasteiger partial charge >= 0.3 is 0 Å². The van der Waals surface area contributed by atoms with Crippen LogP contribution in [0.2, 0.25) is 5.02 Å². The van der Waals surface area contributed by atoms with Crippen molar-refractivity contribution in [2.75, 3.05) is 13.4 Å². The highest BCUT2D eigenvalue weighted by molar-refractivity contribution is 7.99. The third-order valence-corrected chi connectivity index (χ3v) is 5.79. The lowest BCUT2D eigenvalue weighted by Gasteiger charge is -2.06. The number of thiophene rings is 1. The van der Waals surface area contributed by atoms with Crippen LogP contribution in [0, 0.1) is 0 Å². The van der Waals surface area contributed by atoms with Gasteiger partial charge in [-0.2, -0.15) is 0 Å². The van der Waals surface area contributed by atoms with Crippen molar-refractivity contribution in [2.24, 2.45) is 0 Å². The summed E-state index contributed by atoms with van der Waals surface area (Å²) in [7, 11) is 1.59. The summed E-state index contributed by atoms with van der Waals surface area (Å²) in [6, 6.07) is 7.28. The number of allylic oxidation sites excluding steroid dienone is 1. The predicted molar refractivity (Wildman–Crippen MR) is 106 cm³/mol. The number of ketones is 1. The number of carbonyl (C=O) groups is 1. The van der Waals surface area contributed by atoms with E-state index >= 15 is 0 Å². The second-order valence-electron chi connectivity index (χ2n) is 5.12. The number of rotatable bonds is 5. The Morgan fingerprint density at radius 1 is 1.32 bits per heavy atom. The van der Waals surface area contributed by atoms with Crippen LogP contribution < -0.4 is 10.3 Å². The molecule has 0 unspecified atom stereocenters. The molecule has 0 fully saturated rings. The number of aromatic nitrogens is 1. The van der Waals surface area contributed by atoms with Crippen LogP contribution in [0.25, 0.3) is 16.3 Å². The highest BCUT2D eigenvalue weighted by Crippen LogP contribution is 2.36. The fourth-order valence-electron chi connectivity index (χ4n) is 2.43. The van der Waals surface area contributed by atoms with Crippen molar-refractivity contribution in [2.45, 2.75) is 4.90 Å². The van der Waals surface area contributed by atoms with E-state index in [1.54, 1.807) is 18.6 Å². The van der Waals surface area contributed by atoms with Crippen molar-refractivity contribution in [3.05, 3.63) is 62.2 Å². The summed E-state index contributed by atoms with van der Waals surface area (Å²) in [6.45, 7) is 0. The molecular formula is C18H14ClNO3S2. The summed E-state index contributed by atoms with van der Waals surface area (Å²) >= 11 is 8.91. The molecule has 4 nitrogen and oxygen atoms in total. The van der Waals surface area contributed by atoms with E-state index in [1.165, 1.54) is 29.2 Å². The third-order valence-electron chi connectivity index (χ3n) is 3.65. The van der Waals surface area contributed by atoms with E-state index < -0.39 is 5.56 Å². The van der Waals surface area contributed by atoms with Crippen LogP contribution in [0.15, 0.2) is 45.4 Å². The number of aromatic amines is 1. The standard InChI is InChI=1S/C18H14ClNO3S2/c1-23-11-6-3-10(4-7-11)5-8-13(21)15-16(24-2)14-12(19)9-25-18(14)20-17(15)22/h3-9H,1-2H3,(H,20,22)/b8-5+. The number of hydrogen-bond donors (Lipinski definition) is 1. The van der Waals surface area contributed by atoms with Crippen molar-refractivity contribution in [3.8, 4) is 5.75 Å². The predicted octanol–water partition coefficient (Wildman–Crippen LogP) is 4.87. The van der Waals surface area contributed by atoms with Crippen LogP contribution in [-0.2, 0) is 0 Å². The summed E-state index contributed by atoms with van der Waals surface area (Å²) in [5.74, 6) is 0.382. The minimum absolute atomic E-state index is 0.116. The average molecular weight is 392 g/mol. The zero-order valence-electron chi connectivity index (χ0n) is 13.5. The molecule has 2 heterocycles. The molecule has 1 aromatic carbocycles. The summed E-state index contributed by atoms with van der Waals surface area (Å²) in [5.41, 5.74) is 0.552. The van der Waals surface area contributed by atoms with Crippen molar-refractivity contribution in [3.63, 3.8) is 0 Å². The highest BCUT2D eigenvalue weighted by atomic mass is 35.5. The number of hydrogen-bond acceptors (Lipinski definition) is 5. The van der Waals surface area contributed by atoms with Gasteiger partial charge < -0.3 is 9.72 Å². The summed E-state index contributed by atoms with van der Waals surface area (Å²) in [4.78, 5) is 29.0. The molecule has 0 saturated carbocycles. The van der Waals surface area contributed by atoms with Gasteiger partial charge in [0.1, 0.15) is 16.1 Å². The van der Waals surface area contributed by atoms with Gasteiger partial charge in [-0.25, -0.2) is 0 Å². The van der Waals surface area contributed by atoms with Crippen LogP contribution in [0.1, 0.15) is 15.9 Å². The van der Waals surface area contributed by atoms with E-state index in [4.69, 9.17) is 16.3 Å². The van der Waals surface area contributed by atoms with Crippen LogP contribution in [0.4, 0.5) is 0 Å². The van der Waals surface area contributed by atoms with Gasteiger partial charge in [-0.1, -0.05) is 29.8 Å². The molecule has 3 rings (SSSR count). The van der Waals surface area contributed by atoms with Crippen LogP contribution in [-0.4, -0.2) is 24.1 Å². The minimum Gasteiger partial charge on any atom is -0.497 e. The smallest absolute Gasteiger partial charge is 0.261 e. The molecule has 0 aliphatic carbocycles. The van der Waals surface area contributed by atoms with Crippen molar-refractivity contribution < 1.29 is 9.53 Å². The topological polar surface area (TPSA) is 59.2 Å². The zero-order valence-corrected chi connectivity index (χ0v) is 15.8. The Hall–Kier alpha value is -2.02. The van der Waals surface area contributed by atoms with Gasteiger partial charge in [-0.15, -0.1) is 23.1 Å². The maximum absolute atomic E-state index is 12.6. The molecule has 128 valence electrons. The van der Waals surface area contributed by atoms with Gasteiger partial charge in [0.25, 0.3) is 5.56 Å². The number of thioether (sulfide) groups is 1. The van der Waals surface area contributed by atoms with Crippen molar-refractivity contribution in [1.29, 1.82) is 0 Å². The molecule has 0 amide bonds. The average Bonchev–Trinajstić information content (AvgIpc) is 2.99. The monoisotopic (exact) mass is 391 g/mol. The Kier molecular flexibility index (Phi) is 5.32. The van der Waals surface area contributed by atoms with Gasteiger partial charge in [0.05, 0.1) is 12.1 Å².